The Morgan fingerprint density at radius 2 is 1.35 bits per heavy atom. The van der Waals surface area contributed by atoms with E-state index in [4.69, 9.17) is 18.9 Å². The van der Waals surface area contributed by atoms with Crippen molar-refractivity contribution >= 4 is 29.6 Å². The molecule has 0 aliphatic carbocycles. The van der Waals surface area contributed by atoms with Crippen molar-refractivity contribution in [3.8, 4) is 11.5 Å². The second kappa shape index (κ2) is 15.7. The maximum absolute atomic E-state index is 11.8. The van der Waals surface area contributed by atoms with Gasteiger partial charge in [0.25, 0.3) is 0 Å². The lowest BCUT2D eigenvalue weighted by Crippen LogP contribution is -2.22. The van der Waals surface area contributed by atoms with Crippen LogP contribution in [-0.2, 0) is 36.7 Å². The van der Waals surface area contributed by atoms with Crippen LogP contribution in [0.2, 0.25) is 0 Å². The number of aliphatic hydroxyl groups is 1. The van der Waals surface area contributed by atoms with Crippen LogP contribution in [0.4, 0.5) is 0 Å². The minimum atomic E-state index is -1.19. The molecule has 1 N–H and O–H groups in total. The van der Waals surface area contributed by atoms with Crippen LogP contribution in [0, 0.1) is 0 Å². The Morgan fingerprint density at radius 3 is 1.91 bits per heavy atom. The second-order valence-corrected chi connectivity index (χ2v) is 10.7. The van der Waals surface area contributed by atoms with E-state index in [2.05, 4.69) is 25.8 Å². The highest BCUT2D eigenvalue weighted by molar-refractivity contribution is 5.90. The van der Waals surface area contributed by atoms with Gasteiger partial charge in [-0.15, -0.1) is 0 Å². The smallest absolute Gasteiger partial charge is 0.338 e. The summed E-state index contributed by atoms with van der Waals surface area (Å²) in [6.45, 7) is 16.2. The molecule has 0 amide bonds. The molecule has 0 fully saturated rings. The topological polar surface area (TPSA) is 108 Å². The molecule has 1 heterocycles. The van der Waals surface area contributed by atoms with E-state index in [-0.39, 0.29) is 0 Å². The Labute approximate surface area is 253 Å². The van der Waals surface area contributed by atoms with Gasteiger partial charge in [-0.2, -0.15) is 0 Å². The third-order valence-electron chi connectivity index (χ3n) is 6.70. The monoisotopic (exact) mass is 588 g/mol. The van der Waals surface area contributed by atoms with Gasteiger partial charge in [-0.25, -0.2) is 14.4 Å². The molecule has 0 saturated carbocycles. The summed E-state index contributed by atoms with van der Waals surface area (Å²) < 4.78 is 21.7. The molecule has 0 radical (unpaired) electrons. The van der Waals surface area contributed by atoms with Crippen molar-refractivity contribution < 1.29 is 38.4 Å². The average Bonchev–Trinajstić information content (AvgIpc) is 2.96. The number of ether oxygens (including phenoxy) is 4. The lowest BCUT2D eigenvalue weighted by Gasteiger charge is -2.26. The summed E-state index contributed by atoms with van der Waals surface area (Å²) in [5.74, 6) is -0.347. The van der Waals surface area contributed by atoms with Crippen molar-refractivity contribution in [1.82, 2.24) is 0 Å². The van der Waals surface area contributed by atoms with Gasteiger partial charge in [-0.05, 0) is 100 Å². The first-order valence-corrected chi connectivity index (χ1v) is 14.3. The van der Waals surface area contributed by atoms with E-state index in [0.29, 0.717) is 66.3 Å². The van der Waals surface area contributed by atoms with Crippen molar-refractivity contribution in [2.75, 3.05) is 13.2 Å². The lowest BCUT2D eigenvalue weighted by atomic mass is 9.91. The first-order chi connectivity index (χ1) is 20.5. The Bertz CT molecular complexity index is 1410. The molecule has 1 aliphatic heterocycles. The Morgan fingerprint density at radius 1 is 0.791 bits per heavy atom. The minimum Gasteiger partial charge on any atom is -0.462 e. The second-order valence-electron chi connectivity index (χ2n) is 10.7. The lowest BCUT2D eigenvalue weighted by molar-refractivity contribution is -0.139. The van der Waals surface area contributed by atoms with Crippen LogP contribution in [0.5, 0.6) is 11.5 Å². The highest BCUT2D eigenvalue weighted by Gasteiger charge is 2.24. The minimum absolute atomic E-state index is 0.298. The number of unbranched alkanes of at least 4 members (excludes halogenated alkanes) is 2. The maximum Gasteiger partial charge on any atom is 0.338 e. The van der Waals surface area contributed by atoms with Crippen LogP contribution < -0.4 is 9.47 Å². The molecular formula is C35H40O8. The first kappa shape index (κ1) is 33.1. The SMILES string of the molecule is C=C(C)C(=O)OCCCCc1cc(CCCCOC(=O)C(=C)C)c2c(c1)OC(O)C(c1ccc(OC(=O)C(=C)C)cc1)=C2. The van der Waals surface area contributed by atoms with E-state index in [1.54, 1.807) is 45.0 Å². The molecule has 8 heteroatoms. The van der Waals surface area contributed by atoms with Gasteiger partial charge in [0.15, 0.2) is 0 Å². The van der Waals surface area contributed by atoms with Crippen LogP contribution in [-0.4, -0.2) is 42.5 Å². The highest BCUT2D eigenvalue weighted by Crippen LogP contribution is 2.38. The zero-order valence-corrected chi connectivity index (χ0v) is 25.2. The number of rotatable bonds is 15. The number of esters is 3. The van der Waals surface area contributed by atoms with E-state index in [0.717, 1.165) is 41.5 Å². The molecule has 2 aromatic carbocycles. The standard InChI is InChI=1S/C35H40O8/c1-22(2)32(36)40-17-9-7-11-25-19-27(12-8-10-18-41-33(37)23(3)4)29-21-30(35(39)43-31(29)20-25)26-13-15-28(16-14-26)42-34(38)24(5)6/h13-16,19-21,35,39H,1,3,5,7-12,17-18H2,2,4,6H3. The average molecular weight is 589 g/mol. The summed E-state index contributed by atoms with van der Waals surface area (Å²) in [5.41, 5.74) is 5.30. The van der Waals surface area contributed by atoms with Crippen LogP contribution in [0.25, 0.3) is 11.6 Å². The molecule has 228 valence electrons. The van der Waals surface area contributed by atoms with Crippen molar-refractivity contribution in [3.63, 3.8) is 0 Å². The molecule has 1 atom stereocenters. The number of benzene rings is 2. The van der Waals surface area contributed by atoms with Gasteiger partial charge >= 0.3 is 17.9 Å². The molecule has 0 bridgehead atoms. The predicted octanol–water partition coefficient (Wildman–Crippen LogP) is 6.30. The molecular weight excluding hydrogens is 548 g/mol. The van der Waals surface area contributed by atoms with E-state index in [9.17, 15) is 19.5 Å². The molecule has 3 rings (SSSR count). The van der Waals surface area contributed by atoms with Crippen molar-refractivity contribution in [2.45, 2.75) is 65.6 Å². The summed E-state index contributed by atoms with van der Waals surface area (Å²) in [5, 5.41) is 10.9. The zero-order chi connectivity index (χ0) is 31.5. The number of carbonyl (C=O) groups excluding carboxylic acids is 3. The largest absolute Gasteiger partial charge is 0.462 e. The highest BCUT2D eigenvalue weighted by atomic mass is 16.6. The molecule has 0 spiro atoms. The van der Waals surface area contributed by atoms with Crippen LogP contribution in [0.3, 0.4) is 0 Å². The molecule has 0 aromatic heterocycles. The molecule has 1 aliphatic rings. The van der Waals surface area contributed by atoms with Crippen molar-refractivity contribution in [3.05, 3.63) is 95.1 Å². The van der Waals surface area contributed by atoms with Gasteiger partial charge in [0.05, 0.1) is 13.2 Å². The Balaban J connectivity index is 1.79. The molecule has 1 unspecified atom stereocenters. The number of aliphatic hydroxyl groups excluding tert-OH is 1. The third kappa shape index (κ3) is 9.82. The van der Waals surface area contributed by atoms with E-state index in [1.165, 1.54) is 0 Å². The van der Waals surface area contributed by atoms with E-state index < -0.39 is 24.2 Å². The Kier molecular flexibility index (Phi) is 12.1. The Hall–Kier alpha value is -4.43. The van der Waals surface area contributed by atoms with E-state index in [1.807, 2.05) is 12.1 Å². The summed E-state index contributed by atoms with van der Waals surface area (Å²) >= 11 is 0. The number of hydrogen-bond acceptors (Lipinski definition) is 8. The van der Waals surface area contributed by atoms with Gasteiger partial charge in [0.2, 0.25) is 6.29 Å². The van der Waals surface area contributed by atoms with E-state index >= 15 is 0 Å². The van der Waals surface area contributed by atoms with Crippen LogP contribution in [0.15, 0.2) is 72.9 Å². The quantitative estimate of drug-likeness (QED) is 0.112. The van der Waals surface area contributed by atoms with Gasteiger partial charge in [-0.3, -0.25) is 0 Å². The van der Waals surface area contributed by atoms with Crippen molar-refractivity contribution in [2.24, 2.45) is 0 Å². The summed E-state index contributed by atoms with van der Waals surface area (Å²) in [7, 11) is 0. The van der Waals surface area contributed by atoms with Crippen molar-refractivity contribution in [1.29, 1.82) is 0 Å². The molecule has 0 saturated heterocycles. The fourth-order valence-corrected chi connectivity index (χ4v) is 4.33. The molecule has 2 aromatic rings. The van der Waals surface area contributed by atoms with Gasteiger partial charge < -0.3 is 24.1 Å². The summed E-state index contributed by atoms with van der Waals surface area (Å²) in [6, 6.07) is 10.9. The zero-order valence-electron chi connectivity index (χ0n) is 25.2. The van der Waals surface area contributed by atoms with Gasteiger partial charge in [0.1, 0.15) is 11.5 Å². The number of aryl methyl sites for hydroxylation is 2. The fourth-order valence-electron chi connectivity index (χ4n) is 4.33. The fraction of sp³-hybridized carbons (Fsp3) is 0.343. The van der Waals surface area contributed by atoms with Crippen LogP contribution in [0.1, 0.15) is 68.7 Å². The number of carbonyl (C=O) groups is 3. The maximum atomic E-state index is 11.8. The normalized spacial score (nSPS) is 13.6. The number of hydrogen-bond donors (Lipinski definition) is 1. The van der Waals surface area contributed by atoms with Crippen LogP contribution >= 0.6 is 0 Å². The molecule has 8 nitrogen and oxygen atoms in total. The summed E-state index contributed by atoms with van der Waals surface area (Å²) in [4.78, 5) is 35.2. The molecule has 43 heavy (non-hydrogen) atoms. The van der Waals surface area contributed by atoms with Gasteiger partial charge in [0, 0.05) is 27.9 Å². The third-order valence-corrected chi connectivity index (χ3v) is 6.70. The number of fused-ring (bicyclic) bond motifs is 1. The summed E-state index contributed by atoms with van der Waals surface area (Å²) in [6.07, 6.45) is 5.12. The van der Waals surface area contributed by atoms with Gasteiger partial charge in [-0.1, -0.05) is 37.9 Å². The first-order valence-electron chi connectivity index (χ1n) is 14.3. The predicted molar refractivity (Wildman–Crippen MR) is 165 cm³/mol.